The normalized spacial score (nSPS) is 28.1. The summed E-state index contributed by atoms with van der Waals surface area (Å²) in [6.45, 7) is 11.5. The first-order chi connectivity index (χ1) is 9.52. The van der Waals surface area contributed by atoms with Gasteiger partial charge >= 0.3 is 0 Å². The number of hydrogen-bond acceptors (Lipinski definition) is 0. The Morgan fingerprint density at radius 3 is 2.40 bits per heavy atom. The Labute approximate surface area is 125 Å². The molecule has 2 atom stereocenters. The van der Waals surface area contributed by atoms with Gasteiger partial charge in [-0.25, -0.2) is 0 Å². The molecule has 0 aromatic rings. The van der Waals surface area contributed by atoms with Gasteiger partial charge in [-0.2, -0.15) is 0 Å². The highest BCUT2D eigenvalue weighted by atomic mass is 14.4. The van der Waals surface area contributed by atoms with E-state index in [-0.39, 0.29) is 0 Å². The Balaban J connectivity index is 1.95. The van der Waals surface area contributed by atoms with Gasteiger partial charge in [-0.3, -0.25) is 0 Å². The van der Waals surface area contributed by atoms with Crippen molar-refractivity contribution in [3.63, 3.8) is 0 Å². The van der Waals surface area contributed by atoms with Crippen LogP contribution in [0, 0.1) is 29.6 Å². The monoisotopic (exact) mass is 270 g/mol. The van der Waals surface area contributed by atoms with Gasteiger partial charge in [0.2, 0.25) is 0 Å². The Hall–Kier alpha value is -1.00. The predicted molar refractivity (Wildman–Crippen MR) is 88.5 cm³/mol. The van der Waals surface area contributed by atoms with E-state index in [4.69, 9.17) is 0 Å². The van der Waals surface area contributed by atoms with Crippen molar-refractivity contribution < 1.29 is 0 Å². The second-order valence-electron chi connectivity index (χ2n) is 7.06. The Bertz CT molecular complexity index is 448. The smallest absolute Gasteiger partial charge is 0.00917 e. The molecule has 0 amide bonds. The van der Waals surface area contributed by atoms with Crippen molar-refractivity contribution in [2.45, 2.75) is 53.9 Å². The van der Waals surface area contributed by atoms with E-state index in [1.807, 2.05) is 13.0 Å². The van der Waals surface area contributed by atoms with Crippen LogP contribution in [0.5, 0.6) is 0 Å². The molecule has 0 bridgehead atoms. The first-order valence-electron chi connectivity index (χ1n) is 8.31. The zero-order valence-corrected chi connectivity index (χ0v) is 13.8. The molecule has 0 saturated heterocycles. The fourth-order valence-corrected chi connectivity index (χ4v) is 3.12. The lowest BCUT2D eigenvalue weighted by molar-refractivity contribution is 0.192. The molecular weight excluding hydrogens is 240 g/mol. The molecule has 0 N–H and O–H groups in total. The minimum Gasteiger partial charge on any atom is -0.130 e. The summed E-state index contributed by atoms with van der Waals surface area (Å²) in [6, 6.07) is 0. The molecule has 0 heterocycles. The third kappa shape index (κ3) is 3.76. The topological polar surface area (TPSA) is 0 Å². The van der Waals surface area contributed by atoms with E-state index in [1.165, 1.54) is 19.3 Å². The Morgan fingerprint density at radius 2 is 1.90 bits per heavy atom. The van der Waals surface area contributed by atoms with Crippen LogP contribution in [0.25, 0.3) is 0 Å². The minimum absolute atomic E-state index is 0.699. The second kappa shape index (κ2) is 6.64. The van der Waals surface area contributed by atoms with E-state index in [9.17, 15) is 0 Å². The highest BCUT2D eigenvalue weighted by molar-refractivity contribution is 5.44. The molecule has 110 valence electrons. The third-order valence-electron chi connectivity index (χ3n) is 5.17. The summed E-state index contributed by atoms with van der Waals surface area (Å²) in [5.74, 6) is 3.82. The first kappa shape index (κ1) is 15.4. The van der Waals surface area contributed by atoms with Crippen LogP contribution in [0.3, 0.4) is 0 Å². The lowest BCUT2D eigenvalue weighted by Crippen LogP contribution is -2.27. The molecule has 1 fully saturated rings. The van der Waals surface area contributed by atoms with E-state index < -0.39 is 0 Å². The predicted octanol–water partition coefficient (Wildman–Crippen LogP) is 5.93. The molecule has 0 aromatic heterocycles. The zero-order valence-electron chi connectivity index (χ0n) is 13.8. The molecule has 2 rings (SSSR count). The van der Waals surface area contributed by atoms with Crippen LogP contribution in [0.4, 0.5) is 0 Å². The lowest BCUT2D eigenvalue weighted by atomic mass is 9.68. The fraction of sp³-hybridized carbons (Fsp3) is 0.650. The van der Waals surface area contributed by atoms with Crippen molar-refractivity contribution in [1.82, 2.24) is 0 Å². The van der Waals surface area contributed by atoms with Crippen LogP contribution in [-0.4, -0.2) is 0 Å². The third-order valence-corrected chi connectivity index (χ3v) is 5.17. The van der Waals surface area contributed by atoms with Gasteiger partial charge in [0.05, 0.1) is 0 Å². The van der Waals surface area contributed by atoms with Crippen LogP contribution in [0.15, 0.2) is 41.2 Å². The van der Waals surface area contributed by atoms with Gasteiger partial charge in [0.1, 0.15) is 0 Å². The highest BCUT2D eigenvalue weighted by Gasteiger charge is 2.31. The summed E-state index contributed by atoms with van der Waals surface area (Å²) >= 11 is 0. The van der Waals surface area contributed by atoms with Crippen molar-refractivity contribution in [2.75, 3.05) is 0 Å². The van der Waals surface area contributed by atoms with Crippen molar-refractivity contribution in [2.24, 2.45) is 29.6 Å². The van der Waals surface area contributed by atoms with Crippen molar-refractivity contribution in [1.29, 1.82) is 0 Å². The number of hydrogen-bond donors (Lipinski definition) is 0. The fourth-order valence-electron chi connectivity index (χ4n) is 3.12. The molecule has 2 aliphatic carbocycles. The van der Waals surface area contributed by atoms with Crippen LogP contribution in [0.1, 0.15) is 53.9 Å². The van der Waals surface area contributed by atoms with Gasteiger partial charge in [0, 0.05) is 0 Å². The van der Waals surface area contributed by atoms with E-state index in [0.29, 0.717) is 5.92 Å². The molecule has 0 spiro atoms. The molecule has 2 unspecified atom stereocenters. The standard InChI is InChI=1S/C20H30/c1-6-7-8-17-12-19(13-17)15(4)11-20(18-9-10-18)16(5)14(2)3/h6,8-9,11,14-17,19H,10,12-13H2,1-5H3. The summed E-state index contributed by atoms with van der Waals surface area (Å²) in [5, 5.41) is 0. The molecule has 0 nitrogen and oxygen atoms in total. The highest BCUT2D eigenvalue weighted by Crippen LogP contribution is 2.43. The van der Waals surface area contributed by atoms with Crippen LogP contribution < -0.4 is 0 Å². The number of rotatable bonds is 6. The zero-order chi connectivity index (χ0) is 14.7. The van der Waals surface area contributed by atoms with E-state index in [1.54, 1.807) is 11.1 Å². The van der Waals surface area contributed by atoms with Gasteiger partial charge in [-0.1, -0.05) is 39.8 Å². The second-order valence-corrected chi connectivity index (χ2v) is 7.06. The van der Waals surface area contributed by atoms with Crippen LogP contribution in [-0.2, 0) is 0 Å². The summed E-state index contributed by atoms with van der Waals surface area (Å²) in [4.78, 5) is 0. The van der Waals surface area contributed by atoms with Gasteiger partial charge < -0.3 is 0 Å². The Kier molecular flexibility index (Phi) is 5.11. The molecule has 20 heavy (non-hydrogen) atoms. The maximum Gasteiger partial charge on any atom is -0.00917 e. The van der Waals surface area contributed by atoms with E-state index >= 15 is 0 Å². The molecule has 0 radical (unpaired) electrons. The minimum atomic E-state index is 0.699. The van der Waals surface area contributed by atoms with Crippen LogP contribution in [0.2, 0.25) is 0 Å². The SMILES string of the molecule is CC=C=CC1CC(C(C)C=C(C2=CC2)C(C)C(C)C)C1. The van der Waals surface area contributed by atoms with Gasteiger partial charge in [-0.15, -0.1) is 5.73 Å². The summed E-state index contributed by atoms with van der Waals surface area (Å²) in [5.41, 5.74) is 6.49. The largest absolute Gasteiger partial charge is 0.130 e. The molecule has 0 aliphatic heterocycles. The van der Waals surface area contributed by atoms with Gasteiger partial charge in [0.15, 0.2) is 0 Å². The number of allylic oxidation sites excluding steroid dienone is 5. The van der Waals surface area contributed by atoms with E-state index in [2.05, 4.69) is 51.7 Å². The maximum absolute atomic E-state index is 3.24. The average molecular weight is 270 g/mol. The van der Waals surface area contributed by atoms with Gasteiger partial charge in [0.25, 0.3) is 0 Å². The molecular formula is C20H30. The van der Waals surface area contributed by atoms with Gasteiger partial charge in [-0.05, 0) is 79.1 Å². The van der Waals surface area contributed by atoms with Crippen LogP contribution >= 0.6 is 0 Å². The van der Waals surface area contributed by atoms with Crippen molar-refractivity contribution in [3.05, 3.63) is 41.2 Å². The van der Waals surface area contributed by atoms with Crippen molar-refractivity contribution in [3.8, 4) is 0 Å². The summed E-state index contributed by atoms with van der Waals surface area (Å²) in [7, 11) is 0. The van der Waals surface area contributed by atoms with E-state index in [0.717, 1.165) is 23.7 Å². The molecule has 0 heteroatoms. The molecule has 1 saturated carbocycles. The Morgan fingerprint density at radius 1 is 1.25 bits per heavy atom. The summed E-state index contributed by atoms with van der Waals surface area (Å²) < 4.78 is 0. The molecule has 2 aliphatic rings. The van der Waals surface area contributed by atoms with Crippen molar-refractivity contribution >= 4 is 0 Å². The quantitative estimate of drug-likeness (QED) is 0.525. The average Bonchev–Trinajstić information content (AvgIpc) is 3.17. The molecule has 0 aromatic carbocycles. The first-order valence-corrected chi connectivity index (χ1v) is 8.31. The summed E-state index contributed by atoms with van der Waals surface area (Å²) in [6.07, 6.45) is 13.2. The maximum atomic E-state index is 3.24. The lowest BCUT2D eigenvalue weighted by Gasteiger charge is -2.37.